The fourth-order valence-electron chi connectivity index (χ4n) is 1.50. The van der Waals surface area contributed by atoms with E-state index in [4.69, 9.17) is 9.05 Å². The van der Waals surface area contributed by atoms with Crippen molar-refractivity contribution in [1.82, 2.24) is 0 Å². The van der Waals surface area contributed by atoms with Crippen LogP contribution in [0.1, 0.15) is 53.4 Å². The maximum Gasteiger partial charge on any atom is 0.361 e. The Morgan fingerprint density at radius 3 is 2.00 bits per heavy atom. The molecule has 1 N–H and O–H groups in total. The molecule has 5 heteroatoms. The van der Waals surface area contributed by atoms with Crippen molar-refractivity contribution in [2.24, 2.45) is 0 Å². The first kappa shape index (κ1) is 16.1. The molecule has 0 aromatic heterocycles. The van der Waals surface area contributed by atoms with Gasteiger partial charge in [-0.1, -0.05) is 19.8 Å². The Morgan fingerprint density at radius 1 is 1.12 bits per heavy atom. The van der Waals surface area contributed by atoms with Crippen LogP contribution in [-0.4, -0.2) is 23.7 Å². The molecule has 0 aliphatic heterocycles. The van der Waals surface area contributed by atoms with Gasteiger partial charge in [0.2, 0.25) is 0 Å². The van der Waals surface area contributed by atoms with Crippen LogP contribution in [0.2, 0.25) is 0 Å². The van der Waals surface area contributed by atoms with Crippen LogP contribution in [0.25, 0.3) is 0 Å². The van der Waals surface area contributed by atoms with Crippen molar-refractivity contribution in [2.45, 2.75) is 58.7 Å². The van der Waals surface area contributed by atoms with Crippen molar-refractivity contribution in [3.8, 4) is 0 Å². The molecule has 98 valence electrons. The second kappa shape index (κ2) is 7.44. The highest BCUT2D eigenvalue weighted by Gasteiger charge is 2.44. The highest BCUT2D eigenvalue weighted by Crippen LogP contribution is 2.60. The molecule has 1 atom stereocenters. The predicted octanol–water partition coefficient (Wildman–Crippen LogP) is 3.54. The van der Waals surface area contributed by atoms with E-state index >= 15 is 0 Å². The maximum absolute atomic E-state index is 12.3. The molecule has 0 bridgehead atoms. The average molecular weight is 252 g/mol. The normalized spacial score (nSPS) is 16.1. The second-order valence-corrected chi connectivity index (χ2v) is 6.48. The molecule has 4 nitrogen and oxygen atoms in total. The van der Waals surface area contributed by atoms with Gasteiger partial charge in [0.15, 0.2) is 5.34 Å². The van der Waals surface area contributed by atoms with Crippen molar-refractivity contribution >= 4 is 7.60 Å². The Labute approximate surface area is 98.9 Å². The van der Waals surface area contributed by atoms with Crippen LogP contribution in [0.3, 0.4) is 0 Å². The molecule has 0 fully saturated rings. The van der Waals surface area contributed by atoms with Crippen LogP contribution in [0.5, 0.6) is 0 Å². The van der Waals surface area contributed by atoms with Gasteiger partial charge in [-0.3, -0.25) is 4.57 Å². The standard InChI is InChI=1S/C11H25O4P/c1-5-8-9-10-11(4,12)16(13,14-6-2)15-7-3/h12H,5-10H2,1-4H3. The Hall–Kier alpha value is 0.110. The van der Waals surface area contributed by atoms with E-state index in [1.807, 2.05) is 0 Å². The molecule has 1 unspecified atom stereocenters. The van der Waals surface area contributed by atoms with Gasteiger partial charge >= 0.3 is 7.60 Å². The quantitative estimate of drug-likeness (QED) is 0.503. The first-order chi connectivity index (χ1) is 7.43. The lowest BCUT2D eigenvalue weighted by Crippen LogP contribution is -2.27. The molecule has 0 saturated carbocycles. The lowest BCUT2D eigenvalue weighted by Gasteiger charge is -2.31. The van der Waals surface area contributed by atoms with E-state index in [-0.39, 0.29) is 13.2 Å². The number of unbranched alkanes of at least 4 members (excludes halogenated alkanes) is 2. The van der Waals surface area contributed by atoms with Crippen LogP contribution < -0.4 is 0 Å². The fraction of sp³-hybridized carbons (Fsp3) is 1.00. The van der Waals surface area contributed by atoms with E-state index in [0.29, 0.717) is 6.42 Å². The van der Waals surface area contributed by atoms with Gasteiger partial charge in [-0.05, 0) is 33.6 Å². The van der Waals surface area contributed by atoms with E-state index in [1.54, 1.807) is 13.8 Å². The van der Waals surface area contributed by atoms with Gasteiger partial charge in [-0.15, -0.1) is 0 Å². The summed E-state index contributed by atoms with van der Waals surface area (Å²) >= 11 is 0. The number of hydrogen-bond acceptors (Lipinski definition) is 4. The Bertz CT molecular complexity index is 218. The summed E-state index contributed by atoms with van der Waals surface area (Å²) in [5.41, 5.74) is 0. The third kappa shape index (κ3) is 4.54. The zero-order valence-corrected chi connectivity index (χ0v) is 11.8. The average Bonchev–Trinajstić information content (AvgIpc) is 2.18. The van der Waals surface area contributed by atoms with E-state index in [1.165, 1.54) is 6.92 Å². The van der Waals surface area contributed by atoms with E-state index < -0.39 is 12.9 Å². The summed E-state index contributed by atoms with van der Waals surface area (Å²) < 4.78 is 22.6. The van der Waals surface area contributed by atoms with Gasteiger partial charge in [-0.25, -0.2) is 0 Å². The summed E-state index contributed by atoms with van der Waals surface area (Å²) in [6.45, 7) is 7.66. The summed E-state index contributed by atoms with van der Waals surface area (Å²) in [7, 11) is -3.41. The predicted molar refractivity (Wildman–Crippen MR) is 65.6 cm³/mol. The van der Waals surface area contributed by atoms with E-state index in [9.17, 15) is 9.67 Å². The summed E-state index contributed by atoms with van der Waals surface area (Å²) in [6.07, 6.45) is 3.34. The van der Waals surface area contributed by atoms with Crippen molar-refractivity contribution in [2.75, 3.05) is 13.2 Å². The molecule has 0 aliphatic rings. The molecule has 0 saturated heterocycles. The maximum atomic E-state index is 12.3. The highest BCUT2D eigenvalue weighted by molar-refractivity contribution is 7.55. The Morgan fingerprint density at radius 2 is 1.62 bits per heavy atom. The summed E-state index contributed by atoms with van der Waals surface area (Å²) in [4.78, 5) is 0. The number of aliphatic hydroxyl groups is 1. The minimum Gasteiger partial charge on any atom is -0.377 e. The third-order valence-corrected chi connectivity index (χ3v) is 5.04. The molecule has 0 aromatic rings. The molecule has 0 rings (SSSR count). The van der Waals surface area contributed by atoms with Crippen LogP contribution in [-0.2, 0) is 13.6 Å². The molecule has 0 radical (unpaired) electrons. The third-order valence-electron chi connectivity index (χ3n) is 2.44. The summed E-state index contributed by atoms with van der Waals surface area (Å²) in [5, 5.41) is 8.83. The van der Waals surface area contributed by atoms with E-state index in [0.717, 1.165) is 19.3 Å². The van der Waals surface area contributed by atoms with Gasteiger partial charge in [0.25, 0.3) is 0 Å². The molecule has 16 heavy (non-hydrogen) atoms. The second-order valence-electron chi connectivity index (χ2n) is 4.01. The molecular formula is C11H25O4P. The molecule has 0 aromatic carbocycles. The summed E-state index contributed by atoms with van der Waals surface area (Å²) in [5.74, 6) is 0. The minimum atomic E-state index is -3.41. The largest absolute Gasteiger partial charge is 0.377 e. The van der Waals surface area contributed by atoms with Crippen molar-refractivity contribution in [3.05, 3.63) is 0 Å². The van der Waals surface area contributed by atoms with Crippen LogP contribution in [0.4, 0.5) is 0 Å². The molecule has 0 amide bonds. The lowest BCUT2D eigenvalue weighted by molar-refractivity contribution is 0.0727. The van der Waals surface area contributed by atoms with Crippen LogP contribution in [0.15, 0.2) is 0 Å². The summed E-state index contributed by atoms with van der Waals surface area (Å²) in [6, 6.07) is 0. The van der Waals surface area contributed by atoms with Gasteiger partial charge in [0.05, 0.1) is 13.2 Å². The minimum absolute atomic E-state index is 0.279. The fourth-order valence-corrected chi connectivity index (χ4v) is 3.24. The first-order valence-electron chi connectivity index (χ1n) is 6.05. The highest BCUT2D eigenvalue weighted by atomic mass is 31.2. The topological polar surface area (TPSA) is 55.8 Å². The zero-order chi connectivity index (χ0) is 12.7. The van der Waals surface area contributed by atoms with E-state index in [2.05, 4.69) is 6.92 Å². The molecule has 0 heterocycles. The van der Waals surface area contributed by atoms with Gasteiger partial charge in [-0.2, -0.15) is 0 Å². The lowest BCUT2D eigenvalue weighted by atomic mass is 10.1. The van der Waals surface area contributed by atoms with Gasteiger partial charge < -0.3 is 14.2 Å². The first-order valence-corrected chi connectivity index (χ1v) is 7.59. The Balaban J connectivity index is 4.54. The SMILES string of the molecule is CCCCCC(C)(O)P(=O)(OCC)OCC. The zero-order valence-electron chi connectivity index (χ0n) is 10.9. The molecule has 0 spiro atoms. The molecule has 0 aliphatic carbocycles. The monoisotopic (exact) mass is 252 g/mol. The smallest absolute Gasteiger partial charge is 0.361 e. The van der Waals surface area contributed by atoms with Crippen molar-refractivity contribution in [1.29, 1.82) is 0 Å². The van der Waals surface area contributed by atoms with Crippen molar-refractivity contribution in [3.63, 3.8) is 0 Å². The number of rotatable bonds is 9. The van der Waals surface area contributed by atoms with Gasteiger partial charge in [0, 0.05) is 0 Å². The Kier molecular flexibility index (Phi) is 7.49. The van der Waals surface area contributed by atoms with Crippen molar-refractivity contribution < 1.29 is 18.7 Å². The number of hydrogen-bond donors (Lipinski definition) is 1. The van der Waals surface area contributed by atoms with Crippen LogP contribution >= 0.6 is 7.60 Å². The van der Waals surface area contributed by atoms with Gasteiger partial charge in [0.1, 0.15) is 0 Å². The molecular weight excluding hydrogens is 227 g/mol. The van der Waals surface area contributed by atoms with Crippen LogP contribution in [0, 0.1) is 0 Å².